The Morgan fingerprint density at radius 2 is 2.00 bits per heavy atom. The molecule has 20 heavy (non-hydrogen) atoms. The molecule has 1 aromatic heterocycles. The molecule has 106 valence electrons. The number of nitrogens with zero attached hydrogens (tertiary/aromatic N) is 1. The molecule has 2 aromatic rings. The smallest absolute Gasteiger partial charge is 0.236 e. The Morgan fingerprint density at radius 1 is 1.25 bits per heavy atom. The summed E-state index contributed by atoms with van der Waals surface area (Å²) in [6, 6.07) is 13.0. The number of hydrogen-bond donors (Lipinski definition) is 2. The molecule has 0 saturated carbocycles. The fraction of sp³-hybridized carbons (Fsp3) is 0.267. The van der Waals surface area contributed by atoms with E-state index < -0.39 is 6.10 Å². The van der Waals surface area contributed by atoms with Crippen molar-refractivity contribution in [2.24, 2.45) is 5.73 Å². The van der Waals surface area contributed by atoms with Crippen molar-refractivity contribution in [1.82, 2.24) is 4.90 Å². The molecule has 1 amide bonds. The van der Waals surface area contributed by atoms with Gasteiger partial charge in [0.2, 0.25) is 5.91 Å². The van der Waals surface area contributed by atoms with Crippen LogP contribution in [0.3, 0.4) is 0 Å². The molecule has 0 aliphatic rings. The van der Waals surface area contributed by atoms with Crippen molar-refractivity contribution >= 4 is 5.91 Å². The number of rotatable bonds is 6. The highest BCUT2D eigenvalue weighted by atomic mass is 16.4. The van der Waals surface area contributed by atoms with Gasteiger partial charge in [-0.2, -0.15) is 0 Å². The molecule has 0 fully saturated rings. The fourth-order valence-electron chi connectivity index (χ4n) is 1.97. The average Bonchev–Trinajstić information content (AvgIpc) is 3.01. The second-order valence-corrected chi connectivity index (χ2v) is 4.50. The predicted molar refractivity (Wildman–Crippen MR) is 74.6 cm³/mol. The number of amides is 1. The first-order chi connectivity index (χ1) is 9.70. The maximum Gasteiger partial charge on any atom is 0.236 e. The second-order valence-electron chi connectivity index (χ2n) is 4.50. The Balaban J connectivity index is 2.06. The second kappa shape index (κ2) is 6.88. The lowest BCUT2D eigenvalue weighted by Gasteiger charge is -2.24. The Kier molecular flexibility index (Phi) is 4.92. The van der Waals surface area contributed by atoms with Crippen molar-refractivity contribution < 1.29 is 14.3 Å². The molecule has 5 heteroatoms. The van der Waals surface area contributed by atoms with Crippen LogP contribution in [-0.4, -0.2) is 29.0 Å². The van der Waals surface area contributed by atoms with Gasteiger partial charge in [0.05, 0.1) is 19.4 Å². The number of carbonyl (C=O) groups excluding carboxylic acids is 1. The fourth-order valence-corrected chi connectivity index (χ4v) is 1.97. The third-order valence-electron chi connectivity index (χ3n) is 3.01. The molecule has 0 saturated heterocycles. The molecule has 0 aliphatic carbocycles. The van der Waals surface area contributed by atoms with Crippen LogP contribution in [0.5, 0.6) is 0 Å². The maximum absolute atomic E-state index is 11.9. The van der Waals surface area contributed by atoms with Crippen LogP contribution in [0, 0.1) is 0 Å². The van der Waals surface area contributed by atoms with Gasteiger partial charge < -0.3 is 20.2 Å². The molecule has 1 aromatic carbocycles. The van der Waals surface area contributed by atoms with E-state index in [2.05, 4.69) is 0 Å². The van der Waals surface area contributed by atoms with E-state index in [0.29, 0.717) is 12.3 Å². The zero-order valence-corrected chi connectivity index (χ0v) is 11.1. The van der Waals surface area contributed by atoms with Crippen LogP contribution < -0.4 is 5.73 Å². The van der Waals surface area contributed by atoms with Gasteiger partial charge in [0.1, 0.15) is 11.9 Å². The molecule has 0 aliphatic heterocycles. The van der Waals surface area contributed by atoms with E-state index in [1.807, 2.05) is 30.3 Å². The summed E-state index contributed by atoms with van der Waals surface area (Å²) in [7, 11) is 0. The predicted octanol–water partition coefficient (Wildman–Crippen LogP) is 1.30. The SMILES string of the molecule is NCC(=O)N(Cc1ccccc1)CC(O)c1ccco1. The molecule has 2 rings (SSSR count). The van der Waals surface area contributed by atoms with Crippen molar-refractivity contribution in [2.45, 2.75) is 12.6 Å². The number of furan rings is 1. The normalized spacial score (nSPS) is 12.1. The summed E-state index contributed by atoms with van der Waals surface area (Å²) in [4.78, 5) is 13.4. The van der Waals surface area contributed by atoms with Crippen molar-refractivity contribution in [3.05, 3.63) is 60.1 Å². The number of aliphatic hydroxyl groups excluding tert-OH is 1. The van der Waals surface area contributed by atoms with Crippen molar-refractivity contribution in [1.29, 1.82) is 0 Å². The van der Waals surface area contributed by atoms with E-state index >= 15 is 0 Å². The highest BCUT2D eigenvalue weighted by molar-refractivity contribution is 5.78. The lowest BCUT2D eigenvalue weighted by atomic mass is 10.2. The van der Waals surface area contributed by atoms with Gasteiger partial charge in [-0.05, 0) is 17.7 Å². The minimum absolute atomic E-state index is 0.0856. The van der Waals surface area contributed by atoms with Gasteiger partial charge in [0, 0.05) is 6.54 Å². The van der Waals surface area contributed by atoms with Crippen LogP contribution in [0.25, 0.3) is 0 Å². The molecule has 1 heterocycles. The standard InChI is InChI=1S/C15H18N2O3/c16-9-15(19)17(10-12-5-2-1-3-6-12)11-13(18)14-7-4-8-20-14/h1-8,13,18H,9-11,16H2. The summed E-state index contributed by atoms with van der Waals surface area (Å²) >= 11 is 0. The number of hydrogen-bond acceptors (Lipinski definition) is 4. The number of benzene rings is 1. The molecular formula is C15H18N2O3. The van der Waals surface area contributed by atoms with Crippen LogP contribution in [0.15, 0.2) is 53.1 Å². The Hall–Kier alpha value is -2.11. The Bertz CT molecular complexity index is 525. The first kappa shape index (κ1) is 14.3. The maximum atomic E-state index is 11.9. The van der Waals surface area contributed by atoms with Crippen LogP contribution in [0.4, 0.5) is 0 Å². The van der Waals surface area contributed by atoms with Gasteiger partial charge in [-0.1, -0.05) is 30.3 Å². The monoisotopic (exact) mass is 274 g/mol. The van der Waals surface area contributed by atoms with Crippen LogP contribution >= 0.6 is 0 Å². The summed E-state index contributed by atoms with van der Waals surface area (Å²) in [6.07, 6.45) is 0.634. The molecule has 1 unspecified atom stereocenters. The van der Waals surface area contributed by atoms with Gasteiger partial charge >= 0.3 is 0 Å². The zero-order valence-electron chi connectivity index (χ0n) is 11.1. The number of nitrogens with two attached hydrogens (primary N) is 1. The van der Waals surface area contributed by atoms with Crippen LogP contribution in [0.2, 0.25) is 0 Å². The highest BCUT2D eigenvalue weighted by Gasteiger charge is 2.19. The van der Waals surface area contributed by atoms with Crippen molar-refractivity contribution in [3.63, 3.8) is 0 Å². The minimum Gasteiger partial charge on any atom is -0.467 e. The summed E-state index contributed by atoms with van der Waals surface area (Å²) < 4.78 is 5.14. The third-order valence-corrected chi connectivity index (χ3v) is 3.01. The first-order valence-electron chi connectivity index (χ1n) is 6.44. The lowest BCUT2D eigenvalue weighted by molar-refractivity contribution is -0.132. The topological polar surface area (TPSA) is 79.7 Å². The molecule has 5 nitrogen and oxygen atoms in total. The highest BCUT2D eigenvalue weighted by Crippen LogP contribution is 2.16. The summed E-state index contributed by atoms with van der Waals surface area (Å²) in [5.74, 6) is 0.229. The first-order valence-corrected chi connectivity index (χ1v) is 6.44. The van der Waals surface area contributed by atoms with Crippen LogP contribution in [-0.2, 0) is 11.3 Å². The average molecular weight is 274 g/mol. The molecule has 0 radical (unpaired) electrons. The van der Waals surface area contributed by atoms with E-state index in [-0.39, 0.29) is 19.0 Å². The quantitative estimate of drug-likeness (QED) is 0.832. The summed E-state index contributed by atoms with van der Waals surface area (Å²) in [5.41, 5.74) is 6.41. The largest absolute Gasteiger partial charge is 0.467 e. The molecule has 1 atom stereocenters. The van der Waals surface area contributed by atoms with Gasteiger partial charge in [-0.25, -0.2) is 0 Å². The van der Waals surface area contributed by atoms with E-state index in [4.69, 9.17) is 10.2 Å². The van der Waals surface area contributed by atoms with Gasteiger partial charge in [0.15, 0.2) is 0 Å². The van der Waals surface area contributed by atoms with Gasteiger partial charge in [0.25, 0.3) is 0 Å². The van der Waals surface area contributed by atoms with E-state index in [1.54, 1.807) is 12.1 Å². The van der Waals surface area contributed by atoms with Crippen molar-refractivity contribution in [2.75, 3.05) is 13.1 Å². The molecule has 0 spiro atoms. The Morgan fingerprint density at radius 3 is 2.60 bits per heavy atom. The Labute approximate surface area is 117 Å². The van der Waals surface area contributed by atoms with Gasteiger partial charge in [-0.15, -0.1) is 0 Å². The van der Waals surface area contributed by atoms with E-state index in [1.165, 1.54) is 11.2 Å². The molecular weight excluding hydrogens is 256 g/mol. The summed E-state index contributed by atoms with van der Waals surface area (Å²) in [6.45, 7) is 0.477. The third kappa shape index (κ3) is 3.69. The van der Waals surface area contributed by atoms with Gasteiger partial charge in [-0.3, -0.25) is 4.79 Å². The lowest BCUT2D eigenvalue weighted by Crippen LogP contribution is -2.38. The van der Waals surface area contributed by atoms with E-state index in [9.17, 15) is 9.90 Å². The number of aliphatic hydroxyl groups is 1. The zero-order chi connectivity index (χ0) is 14.4. The number of carbonyl (C=O) groups is 1. The molecule has 3 N–H and O–H groups in total. The van der Waals surface area contributed by atoms with E-state index in [0.717, 1.165) is 5.56 Å². The van der Waals surface area contributed by atoms with Crippen LogP contribution in [0.1, 0.15) is 17.4 Å². The minimum atomic E-state index is -0.857. The molecule has 0 bridgehead atoms. The van der Waals surface area contributed by atoms with Crippen molar-refractivity contribution in [3.8, 4) is 0 Å². The summed E-state index contributed by atoms with van der Waals surface area (Å²) in [5, 5.41) is 10.1.